The van der Waals surface area contributed by atoms with E-state index in [2.05, 4.69) is 13.8 Å². The molecular formula is C13H20O3. The standard InChI is InChI=1S/C9H10O3.C4H10/c10-8-4-2-1-3-7(8)5-6-9(11)12;1-3-4-2/h1-4,10H,5-6H2,(H,11,12);3-4H2,1-2H3. The highest BCUT2D eigenvalue weighted by molar-refractivity contribution is 5.67. The van der Waals surface area contributed by atoms with Crippen LogP contribution in [0, 0.1) is 0 Å². The molecule has 90 valence electrons. The van der Waals surface area contributed by atoms with Crippen molar-refractivity contribution in [2.45, 2.75) is 39.5 Å². The Kier molecular flexibility index (Phi) is 7.94. The van der Waals surface area contributed by atoms with Gasteiger partial charge in [-0.2, -0.15) is 0 Å². The van der Waals surface area contributed by atoms with Crippen molar-refractivity contribution in [1.29, 1.82) is 0 Å². The zero-order valence-electron chi connectivity index (χ0n) is 9.94. The van der Waals surface area contributed by atoms with Crippen LogP contribution < -0.4 is 0 Å². The summed E-state index contributed by atoms with van der Waals surface area (Å²) in [5.41, 5.74) is 0.680. The lowest BCUT2D eigenvalue weighted by molar-refractivity contribution is -0.136. The van der Waals surface area contributed by atoms with Gasteiger partial charge in [0.2, 0.25) is 0 Å². The smallest absolute Gasteiger partial charge is 0.303 e. The number of carboxylic acid groups (broad SMARTS) is 1. The Morgan fingerprint density at radius 2 is 1.75 bits per heavy atom. The molecule has 3 nitrogen and oxygen atoms in total. The van der Waals surface area contributed by atoms with Crippen molar-refractivity contribution in [3.8, 4) is 5.75 Å². The Morgan fingerprint density at radius 3 is 2.19 bits per heavy atom. The SMILES string of the molecule is CCCC.O=C(O)CCc1ccccc1O. The topological polar surface area (TPSA) is 57.5 Å². The van der Waals surface area contributed by atoms with Crippen LogP contribution in [0.25, 0.3) is 0 Å². The Balaban J connectivity index is 0.000000487. The predicted octanol–water partition coefficient (Wildman–Crippen LogP) is 3.22. The number of rotatable bonds is 4. The Labute approximate surface area is 96.7 Å². The van der Waals surface area contributed by atoms with Gasteiger partial charge in [0.25, 0.3) is 0 Å². The number of hydrogen-bond donors (Lipinski definition) is 2. The van der Waals surface area contributed by atoms with Crippen LogP contribution in [0.5, 0.6) is 5.75 Å². The number of para-hydroxylation sites is 1. The molecule has 0 radical (unpaired) electrons. The van der Waals surface area contributed by atoms with Gasteiger partial charge in [0.1, 0.15) is 5.75 Å². The molecule has 0 aliphatic rings. The van der Waals surface area contributed by atoms with Crippen molar-refractivity contribution in [3.05, 3.63) is 29.8 Å². The van der Waals surface area contributed by atoms with Gasteiger partial charge >= 0.3 is 5.97 Å². The molecule has 0 fully saturated rings. The van der Waals surface area contributed by atoms with Gasteiger partial charge in [0, 0.05) is 6.42 Å². The number of aryl methyl sites for hydroxylation is 1. The number of aliphatic carboxylic acids is 1. The van der Waals surface area contributed by atoms with Gasteiger partial charge < -0.3 is 10.2 Å². The summed E-state index contributed by atoms with van der Waals surface area (Å²) in [6.07, 6.45) is 3.07. The number of unbranched alkanes of at least 4 members (excludes halogenated alkanes) is 1. The van der Waals surface area contributed by atoms with Crippen LogP contribution in [0.4, 0.5) is 0 Å². The van der Waals surface area contributed by atoms with Crippen LogP contribution in [0.15, 0.2) is 24.3 Å². The van der Waals surface area contributed by atoms with E-state index in [1.54, 1.807) is 24.3 Å². The summed E-state index contributed by atoms with van der Waals surface area (Å²) in [6.45, 7) is 4.36. The molecule has 1 aromatic rings. The molecule has 16 heavy (non-hydrogen) atoms. The number of phenolic OH excluding ortho intramolecular Hbond substituents is 1. The molecule has 0 aliphatic heterocycles. The lowest BCUT2D eigenvalue weighted by Crippen LogP contribution is -1.97. The summed E-state index contributed by atoms with van der Waals surface area (Å²) in [6, 6.07) is 6.76. The van der Waals surface area contributed by atoms with E-state index >= 15 is 0 Å². The lowest BCUT2D eigenvalue weighted by atomic mass is 10.1. The molecule has 0 aromatic heterocycles. The quantitative estimate of drug-likeness (QED) is 0.825. The van der Waals surface area contributed by atoms with E-state index < -0.39 is 5.97 Å². The minimum Gasteiger partial charge on any atom is -0.508 e. The number of carbonyl (C=O) groups is 1. The maximum atomic E-state index is 10.2. The van der Waals surface area contributed by atoms with Crippen LogP contribution in [-0.4, -0.2) is 16.2 Å². The second-order valence-corrected chi connectivity index (χ2v) is 3.52. The summed E-state index contributed by atoms with van der Waals surface area (Å²) in [5, 5.41) is 17.6. The van der Waals surface area contributed by atoms with Gasteiger partial charge in [-0.15, -0.1) is 0 Å². The number of carboxylic acids is 1. The third kappa shape index (κ3) is 6.87. The second kappa shape index (κ2) is 8.77. The third-order valence-electron chi connectivity index (χ3n) is 2.10. The Bertz CT molecular complexity index is 306. The Morgan fingerprint density at radius 1 is 1.19 bits per heavy atom. The fourth-order valence-electron chi connectivity index (χ4n) is 0.964. The molecule has 0 spiro atoms. The summed E-state index contributed by atoms with van der Waals surface area (Å²) < 4.78 is 0. The highest BCUT2D eigenvalue weighted by Gasteiger charge is 2.02. The first kappa shape index (κ1) is 14.5. The minimum absolute atomic E-state index is 0.0531. The summed E-state index contributed by atoms with van der Waals surface area (Å²) in [4.78, 5) is 10.2. The Hall–Kier alpha value is -1.51. The summed E-state index contributed by atoms with van der Waals surface area (Å²) in [7, 11) is 0. The zero-order valence-corrected chi connectivity index (χ0v) is 9.94. The van der Waals surface area contributed by atoms with E-state index in [0.29, 0.717) is 12.0 Å². The number of hydrogen-bond acceptors (Lipinski definition) is 2. The number of benzene rings is 1. The molecule has 0 aliphatic carbocycles. The van der Waals surface area contributed by atoms with Gasteiger partial charge in [-0.05, 0) is 18.1 Å². The van der Waals surface area contributed by atoms with Crippen molar-refractivity contribution in [2.24, 2.45) is 0 Å². The number of phenols is 1. The maximum absolute atomic E-state index is 10.2. The molecule has 0 saturated carbocycles. The van der Waals surface area contributed by atoms with Gasteiger partial charge in [-0.1, -0.05) is 44.9 Å². The summed E-state index contributed by atoms with van der Waals surface area (Å²) >= 11 is 0. The first-order valence-corrected chi connectivity index (χ1v) is 5.60. The zero-order chi connectivity index (χ0) is 12.4. The number of aromatic hydroxyl groups is 1. The van der Waals surface area contributed by atoms with Gasteiger partial charge in [0.05, 0.1) is 0 Å². The molecule has 0 amide bonds. The van der Waals surface area contributed by atoms with E-state index in [0.717, 1.165) is 0 Å². The molecule has 0 atom stereocenters. The van der Waals surface area contributed by atoms with Crippen molar-refractivity contribution >= 4 is 5.97 Å². The van der Waals surface area contributed by atoms with E-state index in [9.17, 15) is 9.90 Å². The van der Waals surface area contributed by atoms with Crippen molar-refractivity contribution in [3.63, 3.8) is 0 Å². The first-order chi connectivity index (χ1) is 7.61. The molecule has 1 rings (SSSR count). The molecular weight excluding hydrogens is 204 g/mol. The highest BCUT2D eigenvalue weighted by atomic mass is 16.4. The first-order valence-electron chi connectivity index (χ1n) is 5.60. The van der Waals surface area contributed by atoms with Crippen molar-refractivity contribution < 1.29 is 15.0 Å². The fourth-order valence-corrected chi connectivity index (χ4v) is 0.964. The molecule has 0 saturated heterocycles. The monoisotopic (exact) mass is 224 g/mol. The van der Waals surface area contributed by atoms with Crippen LogP contribution >= 0.6 is 0 Å². The highest BCUT2D eigenvalue weighted by Crippen LogP contribution is 2.16. The fraction of sp³-hybridized carbons (Fsp3) is 0.462. The maximum Gasteiger partial charge on any atom is 0.303 e. The molecule has 0 heterocycles. The van der Waals surface area contributed by atoms with Crippen molar-refractivity contribution in [2.75, 3.05) is 0 Å². The summed E-state index contributed by atoms with van der Waals surface area (Å²) in [5.74, 6) is -0.683. The van der Waals surface area contributed by atoms with E-state index in [-0.39, 0.29) is 12.2 Å². The molecule has 0 bridgehead atoms. The minimum atomic E-state index is -0.849. The van der Waals surface area contributed by atoms with Gasteiger partial charge in [-0.3, -0.25) is 4.79 Å². The molecule has 2 N–H and O–H groups in total. The van der Waals surface area contributed by atoms with Crippen LogP contribution in [0.3, 0.4) is 0 Å². The van der Waals surface area contributed by atoms with E-state index in [4.69, 9.17) is 5.11 Å². The van der Waals surface area contributed by atoms with Crippen LogP contribution in [-0.2, 0) is 11.2 Å². The van der Waals surface area contributed by atoms with E-state index in [1.807, 2.05) is 0 Å². The molecule has 3 heteroatoms. The largest absolute Gasteiger partial charge is 0.508 e. The molecule has 1 aromatic carbocycles. The van der Waals surface area contributed by atoms with Gasteiger partial charge in [-0.25, -0.2) is 0 Å². The lowest BCUT2D eigenvalue weighted by Gasteiger charge is -2.00. The third-order valence-corrected chi connectivity index (χ3v) is 2.10. The van der Waals surface area contributed by atoms with Crippen molar-refractivity contribution in [1.82, 2.24) is 0 Å². The average molecular weight is 224 g/mol. The second-order valence-electron chi connectivity index (χ2n) is 3.52. The average Bonchev–Trinajstić information content (AvgIpc) is 2.28. The molecule has 0 unspecified atom stereocenters. The van der Waals surface area contributed by atoms with Crippen LogP contribution in [0.2, 0.25) is 0 Å². The van der Waals surface area contributed by atoms with Crippen LogP contribution in [0.1, 0.15) is 38.7 Å². The van der Waals surface area contributed by atoms with Gasteiger partial charge in [0.15, 0.2) is 0 Å². The predicted molar refractivity (Wildman–Crippen MR) is 64.6 cm³/mol. The van der Waals surface area contributed by atoms with E-state index in [1.165, 1.54) is 12.8 Å². The normalized spacial score (nSPS) is 9.12.